The quantitative estimate of drug-likeness (QED) is 0.908. The average molecular weight is 339 g/mol. The molecule has 1 fully saturated rings. The average Bonchev–Trinajstić information content (AvgIpc) is 3.20. The van der Waals surface area contributed by atoms with E-state index in [1.165, 1.54) is 18.4 Å². The molecule has 1 N–H and O–H groups in total. The topological polar surface area (TPSA) is 46.9 Å². The van der Waals surface area contributed by atoms with Gasteiger partial charge in [-0.3, -0.25) is 9.48 Å². The Balaban J connectivity index is 1.76. The van der Waals surface area contributed by atoms with Gasteiger partial charge in [0.25, 0.3) is 5.91 Å². The Labute approximate surface area is 150 Å². The Kier molecular flexibility index (Phi) is 4.72. The molecular weight excluding hydrogens is 310 g/mol. The first kappa shape index (κ1) is 17.7. The standard InChI is InChI=1S/C21H29N3O/c1-16-18(14-23-24(16)20(2,3)4)19(25)22-15-21(12-8-9-13-21)17-10-6-5-7-11-17/h5-7,10-11,14H,8-9,12-13,15H2,1-4H3,(H,22,25). The Bertz CT molecular complexity index is 734. The van der Waals surface area contributed by atoms with Crippen LogP contribution >= 0.6 is 0 Å². The second-order valence-corrected chi connectivity index (χ2v) is 8.26. The first-order valence-corrected chi connectivity index (χ1v) is 9.22. The normalized spacial score (nSPS) is 16.8. The number of carbonyl (C=O) groups is 1. The van der Waals surface area contributed by atoms with Crippen LogP contribution in [0.5, 0.6) is 0 Å². The van der Waals surface area contributed by atoms with Crippen LogP contribution in [0, 0.1) is 6.92 Å². The summed E-state index contributed by atoms with van der Waals surface area (Å²) in [7, 11) is 0. The summed E-state index contributed by atoms with van der Waals surface area (Å²) >= 11 is 0. The first-order chi connectivity index (χ1) is 11.8. The van der Waals surface area contributed by atoms with Gasteiger partial charge >= 0.3 is 0 Å². The molecule has 134 valence electrons. The number of aromatic nitrogens is 2. The van der Waals surface area contributed by atoms with Crippen LogP contribution in [0.4, 0.5) is 0 Å². The van der Waals surface area contributed by atoms with Gasteiger partial charge in [0.2, 0.25) is 0 Å². The molecule has 4 heteroatoms. The largest absolute Gasteiger partial charge is 0.351 e. The van der Waals surface area contributed by atoms with Gasteiger partial charge in [-0.2, -0.15) is 5.10 Å². The van der Waals surface area contributed by atoms with E-state index in [2.05, 4.69) is 61.5 Å². The maximum absolute atomic E-state index is 12.8. The van der Waals surface area contributed by atoms with E-state index >= 15 is 0 Å². The Morgan fingerprint density at radius 3 is 2.40 bits per heavy atom. The second kappa shape index (κ2) is 6.66. The van der Waals surface area contributed by atoms with Crippen molar-refractivity contribution in [3.63, 3.8) is 0 Å². The second-order valence-electron chi connectivity index (χ2n) is 8.26. The lowest BCUT2D eigenvalue weighted by atomic mass is 9.79. The lowest BCUT2D eigenvalue weighted by Crippen LogP contribution is -2.39. The van der Waals surface area contributed by atoms with E-state index < -0.39 is 0 Å². The van der Waals surface area contributed by atoms with E-state index in [0.717, 1.165) is 18.5 Å². The first-order valence-electron chi connectivity index (χ1n) is 9.22. The van der Waals surface area contributed by atoms with Crippen molar-refractivity contribution in [1.29, 1.82) is 0 Å². The van der Waals surface area contributed by atoms with Gasteiger partial charge in [0.05, 0.1) is 17.3 Å². The van der Waals surface area contributed by atoms with Crippen LogP contribution in [0.2, 0.25) is 0 Å². The molecule has 1 aliphatic rings. The van der Waals surface area contributed by atoms with Gasteiger partial charge < -0.3 is 5.32 Å². The summed E-state index contributed by atoms with van der Waals surface area (Å²) in [5.74, 6) is -0.0183. The summed E-state index contributed by atoms with van der Waals surface area (Å²) < 4.78 is 1.92. The molecule has 2 aromatic rings. The number of hydrogen-bond acceptors (Lipinski definition) is 2. The number of carbonyl (C=O) groups excluding carboxylic acids is 1. The predicted molar refractivity (Wildman–Crippen MR) is 101 cm³/mol. The molecular formula is C21H29N3O. The Morgan fingerprint density at radius 2 is 1.84 bits per heavy atom. The van der Waals surface area contributed by atoms with E-state index in [1.54, 1.807) is 6.20 Å². The molecule has 1 heterocycles. The van der Waals surface area contributed by atoms with Gasteiger partial charge in [0, 0.05) is 17.7 Å². The molecule has 4 nitrogen and oxygen atoms in total. The van der Waals surface area contributed by atoms with Gasteiger partial charge in [-0.1, -0.05) is 43.2 Å². The van der Waals surface area contributed by atoms with Crippen LogP contribution in [0.3, 0.4) is 0 Å². The van der Waals surface area contributed by atoms with Crippen LogP contribution < -0.4 is 5.32 Å². The number of hydrogen-bond donors (Lipinski definition) is 1. The minimum Gasteiger partial charge on any atom is -0.351 e. The summed E-state index contributed by atoms with van der Waals surface area (Å²) in [4.78, 5) is 12.8. The Morgan fingerprint density at radius 1 is 1.20 bits per heavy atom. The molecule has 0 atom stereocenters. The van der Waals surface area contributed by atoms with Gasteiger partial charge in [-0.15, -0.1) is 0 Å². The molecule has 1 aromatic carbocycles. The fourth-order valence-corrected chi connectivity index (χ4v) is 4.06. The van der Waals surface area contributed by atoms with Gasteiger partial charge in [-0.05, 0) is 46.1 Å². The fourth-order valence-electron chi connectivity index (χ4n) is 4.06. The molecule has 0 saturated heterocycles. The molecule has 0 spiro atoms. The SMILES string of the molecule is Cc1c(C(=O)NCC2(c3ccccc3)CCCC2)cnn1C(C)(C)C. The van der Waals surface area contributed by atoms with Crippen LogP contribution in [0.1, 0.15) is 68.1 Å². The zero-order chi connectivity index (χ0) is 18.1. The number of benzene rings is 1. The summed E-state index contributed by atoms with van der Waals surface area (Å²) in [6.07, 6.45) is 6.42. The summed E-state index contributed by atoms with van der Waals surface area (Å²) in [5, 5.41) is 7.61. The molecule has 0 bridgehead atoms. The van der Waals surface area contributed by atoms with Gasteiger partial charge in [0.1, 0.15) is 0 Å². The van der Waals surface area contributed by atoms with E-state index in [4.69, 9.17) is 0 Å². The predicted octanol–water partition coefficient (Wildman–Crippen LogP) is 4.19. The highest BCUT2D eigenvalue weighted by atomic mass is 16.1. The van der Waals surface area contributed by atoms with Crippen molar-refractivity contribution >= 4 is 5.91 Å². The van der Waals surface area contributed by atoms with Crippen LogP contribution in [-0.2, 0) is 11.0 Å². The highest BCUT2D eigenvalue weighted by Gasteiger charge is 2.36. The molecule has 1 aliphatic carbocycles. The van der Waals surface area contributed by atoms with Crippen molar-refractivity contribution in [1.82, 2.24) is 15.1 Å². The molecule has 1 amide bonds. The zero-order valence-electron chi connectivity index (χ0n) is 15.8. The van der Waals surface area contributed by atoms with Gasteiger partial charge in [-0.25, -0.2) is 0 Å². The monoisotopic (exact) mass is 339 g/mol. The molecule has 3 rings (SSSR count). The van der Waals surface area contributed by atoms with Crippen molar-refractivity contribution in [2.75, 3.05) is 6.54 Å². The van der Waals surface area contributed by atoms with Crippen molar-refractivity contribution in [3.8, 4) is 0 Å². The number of amides is 1. The van der Waals surface area contributed by atoms with E-state index in [-0.39, 0.29) is 16.9 Å². The lowest BCUT2D eigenvalue weighted by Gasteiger charge is -2.30. The minimum atomic E-state index is -0.126. The van der Waals surface area contributed by atoms with Crippen LogP contribution in [-0.4, -0.2) is 22.2 Å². The Hall–Kier alpha value is -2.10. The number of rotatable bonds is 4. The maximum atomic E-state index is 12.8. The van der Waals surface area contributed by atoms with Crippen molar-refractivity contribution in [3.05, 3.63) is 53.3 Å². The van der Waals surface area contributed by atoms with Crippen LogP contribution in [0.25, 0.3) is 0 Å². The molecule has 25 heavy (non-hydrogen) atoms. The molecule has 1 aromatic heterocycles. The number of nitrogens with one attached hydrogen (secondary N) is 1. The van der Waals surface area contributed by atoms with E-state index in [0.29, 0.717) is 12.1 Å². The van der Waals surface area contributed by atoms with Crippen LogP contribution in [0.15, 0.2) is 36.5 Å². The summed E-state index contributed by atoms with van der Waals surface area (Å²) in [5.41, 5.74) is 2.89. The fraction of sp³-hybridized carbons (Fsp3) is 0.524. The molecule has 0 radical (unpaired) electrons. The minimum absolute atomic E-state index is 0.0183. The summed E-state index contributed by atoms with van der Waals surface area (Å²) in [6, 6.07) is 10.6. The van der Waals surface area contributed by atoms with E-state index in [1.807, 2.05) is 11.6 Å². The third kappa shape index (κ3) is 3.48. The highest BCUT2D eigenvalue weighted by molar-refractivity contribution is 5.95. The lowest BCUT2D eigenvalue weighted by molar-refractivity contribution is 0.0942. The summed E-state index contributed by atoms with van der Waals surface area (Å²) in [6.45, 7) is 8.94. The maximum Gasteiger partial charge on any atom is 0.254 e. The zero-order valence-corrected chi connectivity index (χ0v) is 15.8. The molecule has 0 unspecified atom stereocenters. The smallest absolute Gasteiger partial charge is 0.254 e. The van der Waals surface area contributed by atoms with E-state index in [9.17, 15) is 4.79 Å². The molecule has 1 saturated carbocycles. The van der Waals surface area contributed by atoms with Gasteiger partial charge in [0.15, 0.2) is 0 Å². The van der Waals surface area contributed by atoms with Crippen molar-refractivity contribution in [2.45, 2.75) is 64.3 Å². The third-order valence-corrected chi connectivity index (χ3v) is 5.42. The third-order valence-electron chi connectivity index (χ3n) is 5.42. The highest BCUT2D eigenvalue weighted by Crippen LogP contribution is 2.40. The number of nitrogens with zero attached hydrogens (tertiary/aromatic N) is 2. The molecule has 0 aliphatic heterocycles. The van der Waals surface area contributed by atoms with Crippen molar-refractivity contribution in [2.24, 2.45) is 0 Å². The van der Waals surface area contributed by atoms with Crippen molar-refractivity contribution < 1.29 is 4.79 Å².